The van der Waals surface area contributed by atoms with Crippen LogP contribution in [0, 0.1) is 13.8 Å². The predicted octanol–water partition coefficient (Wildman–Crippen LogP) is 2.20. The van der Waals surface area contributed by atoms with E-state index in [1.807, 2.05) is 0 Å². The van der Waals surface area contributed by atoms with Crippen LogP contribution in [-0.2, 0) is 0 Å². The maximum Gasteiger partial charge on any atom is 0.0424 e. The SMILES string of the molecule is Cc1ccc(C)n1NC1CCC1. The number of hydrogen-bond donors (Lipinski definition) is 1. The van der Waals surface area contributed by atoms with Crippen molar-refractivity contribution in [3.8, 4) is 0 Å². The van der Waals surface area contributed by atoms with E-state index in [1.165, 1.54) is 30.7 Å². The second-order valence-corrected chi connectivity index (χ2v) is 3.71. The maximum atomic E-state index is 3.51. The highest BCUT2D eigenvalue weighted by atomic mass is 15.4. The van der Waals surface area contributed by atoms with Crippen molar-refractivity contribution in [3.05, 3.63) is 23.5 Å². The van der Waals surface area contributed by atoms with E-state index >= 15 is 0 Å². The lowest BCUT2D eigenvalue weighted by atomic mass is 9.94. The van der Waals surface area contributed by atoms with Gasteiger partial charge in [-0.05, 0) is 45.2 Å². The highest BCUT2D eigenvalue weighted by molar-refractivity contribution is 5.16. The molecule has 0 atom stereocenters. The van der Waals surface area contributed by atoms with Crippen molar-refractivity contribution in [1.82, 2.24) is 4.68 Å². The minimum absolute atomic E-state index is 0.717. The maximum absolute atomic E-state index is 3.51. The Morgan fingerprint density at radius 1 is 1.25 bits per heavy atom. The minimum atomic E-state index is 0.717. The van der Waals surface area contributed by atoms with E-state index in [0.717, 1.165) is 6.04 Å². The third-order valence-electron chi connectivity index (χ3n) is 2.69. The van der Waals surface area contributed by atoms with Gasteiger partial charge in [0.25, 0.3) is 0 Å². The molecular weight excluding hydrogens is 148 g/mol. The van der Waals surface area contributed by atoms with Gasteiger partial charge in [0.2, 0.25) is 0 Å². The lowest BCUT2D eigenvalue weighted by molar-refractivity contribution is 0.412. The van der Waals surface area contributed by atoms with E-state index in [9.17, 15) is 0 Å². The highest BCUT2D eigenvalue weighted by Gasteiger charge is 2.17. The fourth-order valence-electron chi connectivity index (χ4n) is 1.59. The van der Waals surface area contributed by atoms with Crippen LogP contribution in [0.5, 0.6) is 0 Å². The molecule has 0 spiro atoms. The van der Waals surface area contributed by atoms with Crippen LogP contribution in [0.15, 0.2) is 12.1 Å². The zero-order chi connectivity index (χ0) is 8.55. The molecule has 1 heterocycles. The summed E-state index contributed by atoms with van der Waals surface area (Å²) in [6, 6.07) is 5.02. The first kappa shape index (κ1) is 7.71. The summed E-state index contributed by atoms with van der Waals surface area (Å²) in [5, 5.41) is 0. The van der Waals surface area contributed by atoms with Crippen molar-refractivity contribution < 1.29 is 0 Å². The largest absolute Gasteiger partial charge is 0.323 e. The molecule has 66 valence electrons. The number of hydrogen-bond acceptors (Lipinski definition) is 1. The Morgan fingerprint density at radius 3 is 2.25 bits per heavy atom. The number of nitrogens with one attached hydrogen (secondary N) is 1. The van der Waals surface area contributed by atoms with Gasteiger partial charge in [-0.15, -0.1) is 0 Å². The molecule has 0 bridgehead atoms. The number of aromatic nitrogens is 1. The summed E-state index contributed by atoms with van der Waals surface area (Å²) in [5.41, 5.74) is 6.12. The van der Waals surface area contributed by atoms with E-state index in [0.29, 0.717) is 0 Å². The van der Waals surface area contributed by atoms with E-state index in [-0.39, 0.29) is 0 Å². The zero-order valence-corrected chi connectivity index (χ0v) is 7.80. The molecule has 0 aliphatic heterocycles. The van der Waals surface area contributed by atoms with Gasteiger partial charge >= 0.3 is 0 Å². The van der Waals surface area contributed by atoms with Crippen molar-refractivity contribution in [2.75, 3.05) is 5.43 Å². The molecule has 0 aromatic carbocycles. The third kappa shape index (κ3) is 1.22. The van der Waals surface area contributed by atoms with Crippen LogP contribution < -0.4 is 5.43 Å². The van der Waals surface area contributed by atoms with Gasteiger partial charge in [0.05, 0.1) is 0 Å². The Morgan fingerprint density at radius 2 is 1.83 bits per heavy atom. The van der Waals surface area contributed by atoms with Gasteiger partial charge < -0.3 is 5.43 Å². The van der Waals surface area contributed by atoms with Crippen LogP contribution in [0.2, 0.25) is 0 Å². The number of rotatable bonds is 2. The lowest BCUT2D eigenvalue weighted by Crippen LogP contribution is -2.34. The number of nitrogens with zero attached hydrogens (tertiary/aromatic N) is 1. The summed E-state index contributed by atoms with van der Waals surface area (Å²) in [7, 11) is 0. The van der Waals surface area contributed by atoms with Crippen molar-refractivity contribution >= 4 is 0 Å². The van der Waals surface area contributed by atoms with Gasteiger partial charge in [0, 0.05) is 17.4 Å². The second-order valence-electron chi connectivity index (χ2n) is 3.71. The molecule has 1 aromatic rings. The van der Waals surface area contributed by atoms with Crippen molar-refractivity contribution in [3.63, 3.8) is 0 Å². The molecule has 1 aliphatic carbocycles. The van der Waals surface area contributed by atoms with Crippen LogP contribution in [0.3, 0.4) is 0 Å². The Balaban J connectivity index is 2.10. The third-order valence-corrected chi connectivity index (χ3v) is 2.69. The fourth-order valence-corrected chi connectivity index (χ4v) is 1.59. The molecule has 1 N–H and O–H groups in total. The van der Waals surface area contributed by atoms with Crippen LogP contribution in [0.1, 0.15) is 30.7 Å². The molecule has 1 aliphatic rings. The Kier molecular flexibility index (Phi) is 1.83. The first-order valence-electron chi connectivity index (χ1n) is 4.69. The molecule has 0 saturated heterocycles. The van der Waals surface area contributed by atoms with Gasteiger partial charge in [0.15, 0.2) is 0 Å². The Hall–Kier alpha value is -0.920. The first-order valence-corrected chi connectivity index (χ1v) is 4.69. The van der Waals surface area contributed by atoms with E-state index in [4.69, 9.17) is 0 Å². The summed E-state index contributed by atoms with van der Waals surface area (Å²) in [5.74, 6) is 0. The van der Waals surface area contributed by atoms with Crippen LogP contribution in [-0.4, -0.2) is 10.7 Å². The Labute approximate surface area is 73.6 Å². The van der Waals surface area contributed by atoms with Gasteiger partial charge in [-0.25, -0.2) is 0 Å². The smallest absolute Gasteiger partial charge is 0.0424 e. The quantitative estimate of drug-likeness (QED) is 0.709. The van der Waals surface area contributed by atoms with Gasteiger partial charge in [-0.1, -0.05) is 0 Å². The summed E-state index contributed by atoms with van der Waals surface area (Å²) < 4.78 is 2.20. The predicted molar refractivity (Wildman–Crippen MR) is 50.9 cm³/mol. The second kappa shape index (κ2) is 2.85. The molecule has 2 rings (SSSR count). The lowest BCUT2D eigenvalue weighted by Gasteiger charge is -2.29. The van der Waals surface area contributed by atoms with E-state index in [2.05, 4.69) is 36.1 Å². The first-order chi connectivity index (χ1) is 5.77. The average molecular weight is 164 g/mol. The van der Waals surface area contributed by atoms with Crippen LogP contribution in [0.4, 0.5) is 0 Å². The molecule has 0 radical (unpaired) electrons. The Bertz CT molecular complexity index is 252. The summed E-state index contributed by atoms with van der Waals surface area (Å²) in [4.78, 5) is 0. The van der Waals surface area contributed by atoms with Crippen molar-refractivity contribution in [2.24, 2.45) is 0 Å². The van der Waals surface area contributed by atoms with Gasteiger partial charge in [-0.2, -0.15) is 0 Å². The summed E-state index contributed by atoms with van der Waals surface area (Å²) in [6.45, 7) is 4.28. The molecule has 0 unspecified atom stereocenters. The van der Waals surface area contributed by atoms with E-state index in [1.54, 1.807) is 0 Å². The van der Waals surface area contributed by atoms with Crippen molar-refractivity contribution in [1.29, 1.82) is 0 Å². The fraction of sp³-hybridized carbons (Fsp3) is 0.600. The van der Waals surface area contributed by atoms with Gasteiger partial charge in [0.1, 0.15) is 0 Å². The van der Waals surface area contributed by atoms with Crippen LogP contribution >= 0.6 is 0 Å². The van der Waals surface area contributed by atoms with Crippen LogP contribution in [0.25, 0.3) is 0 Å². The molecule has 2 nitrogen and oxygen atoms in total. The molecule has 0 amide bonds. The van der Waals surface area contributed by atoms with Gasteiger partial charge in [-0.3, -0.25) is 4.68 Å². The standard InChI is InChI=1S/C10H16N2/c1-8-6-7-9(2)12(8)11-10-4-3-5-10/h6-7,10-11H,3-5H2,1-2H3. The molecule has 1 saturated carbocycles. The van der Waals surface area contributed by atoms with Crippen molar-refractivity contribution in [2.45, 2.75) is 39.2 Å². The van der Waals surface area contributed by atoms with E-state index < -0.39 is 0 Å². The summed E-state index contributed by atoms with van der Waals surface area (Å²) >= 11 is 0. The molecule has 1 fully saturated rings. The molecule has 1 aromatic heterocycles. The zero-order valence-electron chi connectivity index (χ0n) is 7.80. The average Bonchev–Trinajstić information content (AvgIpc) is 2.25. The topological polar surface area (TPSA) is 17.0 Å². The highest BCUT2D eigenvalue weighted by Crippen LogP contribution is 2.20. The molecule has 12 heavy (non-hydrogen) atoms. The number of aryl methyl sites for hydroxylation is 2. The monoisotopic (exact) mass is 164 g/mol. The minimum Gasteiger partial charge on any atom is -0.323 e. The molecule has 2 heteroatoms. The molecular formula is C10H16N2. The summed E-state index contributed by atoms with van der Waals surface area (Å²) in [6.07, 6.45) is 4.05. The normalized spacial score (nSPS) is 17.5.